The molecule has 0 unspecified atom stereocenters. The first kappa shape index (κ1) is 16.5. The topological polar surface area (TPSA) is 31.0 Å². The van der Waals surface area contributed by atoms with E-state index < -0.39 is 0 Å². The van der Waals surface area contributed by atoms with Gasteiger partial charge in [-0.15, -0.1) is 17.3 Å². The standard InChI is InChI=1S/C15H19Br2ClO3/c1-8-15-14(21-15)6-10(17)12-7-11(18)13(20-12)5-9(19-8)3-2-4-16/h3-4,8-15H,5-7H2,1H3/t2?,8-,9-,10-,11+,12-,13+,14-,15-/m0/s1. The molecule has 21 heavy (non-hydrogen) atoms. The maximum Gasteiger partial charge on any atom is 0.110 e. The first-order valence-electron chi connectivity index (χ1n) is 7.34. The Balaban J connectivity index is 1.78. The molecule has 0 aromatic rings. The molecule has 8 atom stereocenters. The number of halogens is 3. The maximum atomic E-state index is 6.47. The van der Waals surface area contributed by atoms with E-state index in [0.29, 0.717) is 4.83 Å². The van der Waals surface area contributed by atoms with Gasteiger partial charge in [0.1, 0.15) is 6.10 Å². The minimum atomic E-state index is -0.0597. The third-order valence-corrected chi connectivity index (χ3v) is 6.04. The number of epoxide rings is 1. The number of rotatable bonds is 1. The van der Waals surface area contributed by atoms with Crippen LogP contribution in [-0.2, 0) is 14.2 Å². The van der Waals surface area contributed by atoms with Crippen LogP contribution in [-0.4, -0.2) is 46.8 Å². The third-order valence-electron chi connectivity index (χ3n) is 4.35. The first-order valence-corrected chi connectivity index (χ1v) is 9.61. The second-order valence-corrected chi connectivity index (χ2v) is 8.11. The molecule has 3 nitrogen and oxygen atoms in total. The summed E-state index contributed by atoms with van der Waals surface area (Å²) in [7, 11) is 0. The Labute approximate surface area is 147 Å². The number of alkyl halides is 2. The lowest BCUT2D eigenvalue weighted by molar-refractivity contribution is -0.0308. The Morgan fingerprint density at radius 3 is 2.67 bits per heavy atom. The van der Waals surface area contributed by atoms with E-state index in [2.05, 4.69) is 44.5 Å². The number of ether oxygens (including phenoxy) is 3. The number of hydrogen-bond donors (Lipinski definition) is 0. The second kappa shape index (κ2) is 7.04. The molecule has 3 aliphatic heterocycles. The largest absolute Gasteiger partial charge is 0.372 e. The third kappa shape index (κ3) is 3.95. The van der Waals surface area contributed by atoms with E-state index in [9.17, 15) is 0 Å². The van der Waals surface area contributed by atoms with Gasteiger partial charge in [0.25, 0.3) is 0 Å². The monoisotopic (exact) mass is 440 g/mol. The summed E-state index contributed by atoms with van der Waals surface area (Å²) in [5.41, 5.74) is 3.04. The van der Waals surface area contributed by atoms with Crippen molar-refractivity contribution in [1.29, 1.82) is 0 Å². The van der Waals surface area contributed by atoms with E-state index >= 15 is 0 Å². The van der Waals surface area contributed by atoms with Gasteiger partial charge in [-0.25, -0.2) is 0 Å². The summed E-state index contributed by atoms with van der Waals surface area (Å²) in [6.07, 6.45) is 5.14. The van der Waals surface area contributed by atoms with Crippen LogP contribution in [0, 0.1) is 0 Å². The fourth-order valence-electron chi connectivity index (χ4n) is 3.20. The number of fused-ring (bicyclic) bond motifs is 3. The van der Waals surface area contributed by atoms with Crippen LogP contribution < -0.4 is 0 Å². The molecule has 0 saturated carbocycles. The molecule has 118 valence electrons. The smallest absolute Gasteiger partial charge is 0.110 e. The van der Waals surface area contributed by atoms with Crippen molar-refractivity contribution in [3.63, 3.8) is 0 Å². The molecular formula is C15H19Br2ClO3. The molecule has 0 spiro atoms. The average molecular weight is 443 g/mol. The molecule has 0 aromatic heterocycles. The van der Waals surface area contributed by atoms with Crippen molar-refractivity contribution in [3.05, 3.63) is 16.8 Å². The van der Waals surface area contributed by atoms with Crippen molar-refractivity contribution < 1.29 is 14.2 Å². The fraction of sp³-hybridized carbons (Fsp3) is 0.800. The summed E-state index contributed by atoms with van der Waals surface area (Å²) >= 11 is 13.5. The van der Waals surface area contributed by atoms with Crippen LogP contribution in [0.4, 0.5) is 0 Å². The van der Waals surface area contributed by atoms with Crippen LogP contribution in [0.25, 0.3) is 0 Å². The van der Waals surface area contributed by atoms with Crippen LogP contribution in [0.3, 0.4) is 0 Å². The van der Waals surface area contributed by atoms with Gasteiger partial charge in [0, 0.05) is 16.2 Å². The van der Waals surface area contributed by atoms with Crippen LogP contribution >= 0.6 is 43.5 Å². The summed E-state index contributed by atoms with van der Waals surface area (Å²) in [5, 5.41) is 0.0353. The van der Waals surface area contributed by atoms with Crippen molar-refractivity contribution in [2.24, 2.45) is 0 Å². The summed E-state index contributed by atoms with van der Waals surface area (Å²) in [4.78, 5) is 1.99. The fourth-order valence-corrected chi connectivity index (χ4v) is 4.40. The molecule has 3 rings (SSSR count). The van der Waals surface area contributed by atoms with E-state index in [1.165, 1.54) is 0 Å². The van der Waals surface area contributed by atoms with Crippen molar-refractivity contribution >= 4 is 43.5 Å². The van der Waals surface area contributed by atoms with E-state index in [4.69, 9.17) is 25.8 Å². The normalized spacial score (nSPS) is 49.5. The Morgan fingerprint density at radius 1 is 1.10 bits per heavy atom. The summed E-state index contributed by atoms with van der Waals surface area (Å²) in [5.74, 6) is 0. The number of hydrogen-bond acceptors (Lipinski definition) is 3. The van der Waals surface area contributed by atoms with Crippen molar-refractivity contribution in [1.82, 2.24) is 0 Å². The summed E-state index contributed by atoms with van der Waals surface area (Å²) < 4.78 is 18.0. The summed E-state index contributed by atoms with van der Waals surface area (Å²) in [6.45, 7) is 2.07. The highest BCUT2D eigenvalue weighted by Crippen LogP contribution is 2.40. The molecule has 3 saturated heterocycles. The molecular weight excluding hydrogens is 423 g/mol. The van der Waals surface area contributed by atoms with Gasteiger partial charge < -0.3 is 14.2 Å². The Bertz CT molecular complexity index is 441. The average Bonchev–Trinajstić information content (AvgIpc) is 3.11. The Morgan fingerprint density at radius 2 is 1.90 bits per heavy atom. The molecule has 3 aliphatic rings. The van der Waals surface area contributed by atoms with Gasteiger partial charge in [0.15, 0.2) is 0 Å². The van der Waals surface area contributed by atoms with Crippen molar-refractivity contribution in [2.45, 2.75) is 73.0 Å². The molecule has 2 bridgehead atoms. The lowest BCUT2D eigenvalue weighted by Crippen LogP contribution is -2.29. The zero-order valence-corrected chi connectivity index (χ0v) is 15.7. The van der Waals surface area contributed by atoms with Gasteiger partial charge in [0.2, 0.25) is 0 Å². The van der Waals surface area contributed by atoms with E-state index in [1.807, 2.05) is 6.08 Å². The quantitative estimate of drug-likeness (QED) is 0.351. The van der Waals surface area contributed by atoms with Crippen LogP contribution in [0.15, 0.2) is 16.8 Å². The molecule has 6 heteroatoms. The molecule has 3 heterocycles. The lowest BCUT2D eigenvalue weighted by atomic mass is 10.0. The molecule has 0 aliphatic carbocycles. The highest BCUT2D eigenvalue weighted by molar-refractivity contribution is 9.11. The van der Waals surface area contributed by atoms with Gasteiger partial charge in [-0.3, -0.25) is 0 Å². The van der Waals surface area contributed by atoms with Gasteiger partial charge in [0.05, 0.1) is 35.9 Å². The molecule has 3 fully saturated rings. The first-order chi connectivity index (χ1) is 10.1. The minimum Gasteiger partial charge on any atom is -0.372 e. The zero-order chi connectivity index (χ0) is 15.0. The summed E-state index contributed by atoms with van der Waals surface area (Å²) in [6, 6.07) is 0. The van der Waals surface area contributed by atoms with Gasteiger partial charge in [-0.1, -0.05) is 31.9 Å². The molecule has 0 aromatic carbocycles. The van der Waals surface area contributed by atoms with Crippen LogP contribution in [0.1, 0.15) is 26.2 Å². The van der Waals surface area contributed by atoms with Gasteiger partial charge in [-0.2, -0.15) is 0 Å². The zero-order valence-electron chi connectivity index (χ0n) is 11.8. The van der Waals surface area contributed by atoms with Gasteiger partial charge in [-0.05, 0) is 25.8 Å². The van der Waals surface area contributed by atoms with E-state index in [0.717, 1.165) is 19.3 Å². The molecule has 0 amide bonds. The Hall–Kier alpha value is 0.650. The van der Waals surface area contributed by atoms with Crippen LogP contribution in [0.5, 0.6) is 0 Å². The van der Waals surface area contributed by atoms with E-state index in [1.54, 1.807) is 4.99 Å². The highest BCUT2D eigenvalue weighted by atomic mass is 79.9. The van der Waals surface area contributed by atoms with Crippen molar-refractivity contribution in [2.75, 3.05) is 0 Å². The van der Waals surface area contributed by atoms with Gasteiger partial charge >= 0.3 is 0 Å². The maximum absolute atomic E-state index is 6.47. The lowest BCUT2D eigenvalue weighted by Gasteiger charge is -2.22. The molecule has 0 N–H and O–H groups in total. The Kier molecular flexibility index (Phi) is 5.53. The highest BCUT2D eigenvalue weighted by Gasteiger charge is 2.48. The minimum absolute atomic E-state index is 0.0256. The predicted octanol–water partition coefficient (Wildman–Crippen LogP) is 3.91. The molecule has 0 radical (unpaired) electrons. The van der Waals surface area contributed by atoms with Crippen LogP contribution in [0.2, 0.25) is 0 Å². The SMILES string of the molecule is C[C@@H]1O[C@@H](C=C=CBr)C[C@H]2O[C@@H](C[C@H]2Cl)[C@@H](Br)C[C@@H]2O[C@@H]12. The van der Waals surface area contributed by atoms with E-state index in [-0.39, 0.29) is 42.0 Å². The van der Waals surface area contributed by atoms with Crippen molar-refractivity contribution in [3.8, 4) is 0 Å². The predicted molar refractivity (Wildman–Crippen MR) is 89.4 cm³/mol. The second-order valence-electron chi connectivity index (χ2n) is 5.91.